The van der Waals surface area contributed by atoms with E-state index in [9.17, 15) is 19.2 Å². The Morgan fingerprint density at radius 2 is 1.32 bits per heavy atom. The van der Waals surface area contributed by atoms with E-state index in [-0.39, 0.29) is 30.6 Å². The van der Waals surface area contributed by atoms with Crippen LogP contribution in [0.1, 0.15) is 67.9 Å². The molecular weight excluding hydrogens is 502 g/mol. The average molecular weight is 542 g/mol. The Labute approximate surface area is 223 Å². The molecule has 1 aromatic carbocycles. The van der Waals surface area contributed by atoms with E-state index in [1.165, 1.54) is 25.1 Å². The fourth-order valence-electron chi connectivity index (χ4n) is 2.63. The van der Waals surface area contributed by atoms with E-state index in [1.54, 1.807) is 55.4 Å². The standard InChI is InChI=1S/C26H39NO11/c1-15(2)33-22(29)32-14-16(3)34-21(28)18(27)12-17-10-11-19(35-23(30)37-25(4,5)6)20(13-17)36-24(31)38-26(7,8)9/h10-11,13,15-16,18H,12,14,27H2,1-9H3/t16-,18-/m0/s1. The van der Waals surface area contributed by atoms with Crippen LogP contribution in [0.3, 0.4) is 0 Å². The molecule has 1 rings (SSSR count). The van der Waals surface area contributed by atoms with Crippen molar-refractivity contribution in [3.05, 3.63) is 23.8 Å². The number of nitrogens with two attached hydrogens (primary N) is 1. The Bertz CT molecular complexity index is 976. The van der Waals surface area contributed by atoms with Crippen LogP contribution in [0.2, 0.25) is 0 Å². The van der Waals surface area contributed by atoms with Gasteiger partial charge in [-0.1, -0.05) is 6.07 Å². The van der Waals surface area contributed by atoms with Crippen molar-refractivity contribution in [3.8, 4) is 11.5 Å². The summed E-state index contributed by atoms with van der Waals surface area (Å²) in [6.45, 7) is 14.6. The molecule has 0 bridgehead atoms. The second-order valence-corrected chi connectivity index (χ2v) is 10.7. The van der Waals surface area contributed by atoms with Gasteiger partial charge < -0.3 is 38.9 Å². The third kappa shape index (κ3) is 13.7. The van der Waals surface area contributed by atoms with Crippen molar-refractivity contribution in [2.24, 2.45) is 5.73 Å². The second-order valence-electron chi connectivity index (χ2n) is 10.7. The number of hydrogen-bond donors (Lipinski definition) is 1. The molecule has 0 radical (unpaired) electrons. The summed E-state index contributed by atoms with van der Waals surface area (Å²) in [6, 6.07) is 3.18. The Kier molecular flexibility index (Phi) is 11.8. The maximum Gasteiger partial charge on any atom is 0.514 e. The maximum atomic E-state index is 12.4. The minimum Gasteiger partial charge on any atom is -0.458 e. The maximum absolute atomic E-state index is 12.4. The topological polar surface area (TPSA) is 159 Å². The summed E-state index contributed by atoms with van der Waals surface area (Å²) in [4.78, 5) is 48.3. The average Bonchev–Trinajstić information content (AvgIpc) is 2.70. The first-order valence-corrected chi connectivity index (χ1v) is 12.1. The predicted molar refractivity (Wildman–Crippen MR) is 135 cm³/mol. The van der Waals surface area contributed by atoms with Gasteiger partial charge in [0.25, 0.3) is 0 Å². The van der Waals surface area contributed by atoms with Crippen LogP contribution >= 0.6 is 0 Å². The molecule has 0 heterocycles. The van der Waals surface area contributed by atoms with Crippen molar-refractivity contribution in [1.29, 1.82) is 0 Å². The highest BCUT2D eigenvalue weighted by Gasteiger charge is 2.25. The Balaban J connectivity index is 2.93. The molecule has 0 saturated carbocycles. The van der Waals surface area contributed by atoms with Crippen LogP contribution in [-0.2, 0) is 34.9 Å². The van der Waals surface area contributed by atoms with Crippen molar-refractivity contribution in [1.82, 2.24) is 0 Å². The number of carbonyl (C=O) groups excluding carboxylic acids is 4. The molecule has 0 spiro atoms. The number of carbonyl (C=O) groups is 4. The van der Waals surface area contributed by atoms with Crippen molar-refractivity contribution in [2.75, 3.05) is 6.61 Å². The molecule has 0 aliphatic carbocycles. The third-order valence-electron chi connectivity index (χ3n) is 4.02. The fourth-order valence-corrected chi connectivity index (χ4v) is 2.63. The number of hydrogen-bond acceptors (Lipinski definition) is 12. The summed E-state index contributed by atoms with van der Waals surface area (Å²) in [5.74, 6) is -1.00. The molecular formula is C26H39NO11. The molecule has 0 fully saturated rings. The summed E-state index contributed by atoms with van der Waals surface area (Å²) < 4.78 is 35.8. The summed E-state index contributed by atoms with van der Waals surface area (Å²) >= 11 is 0. The van der Waals surface area contributed by atoms with Crippen LogP contribution < -0.4 is 15.2 Å². The largest absolute Gasteiger partial charge is 0.514 e. The SMILES string of the molecule is CC(C)OC(=O)OC[C@H](C)OC(=O)[C@@H](N)Cc1ccc(OC(=O)OC(C)(C)C)c(OC(=O)OC(C)(C)C)c1. The molecule has 12 heteroatoms. The molecule has 1 aromatic rings. The third-order valence-corrected chi connectivity index (χ3v) is 4.02. The molecule has 0 aliphatic rings. The number of esters is 1. The molecule has 0 aliphatic heterocycles. The molecule has 214 valence electrons. The Hall–Kier alpha value is -3.54. The molecule has 0 aromatic heterocycles. The number of rotatable bonds is 9. The van der Waals surface area contributed by atoms with Crippen LogP contribution in [0.25, 0.3) is 0 Å². The van der Waals surface area contributed by atoms with Gasteiger partial charge in [0.2, 0.25) is 0 Å². The molecule has 0 saturated heterocycles. The quantitative estimate of drug-likeness (QED) is 0.262. The van der Waals surface area contributed by atoms with Gasteiger partial charge >= 0.3 is 24.4 Å². The molecule has 12 nitrogen and oxygen atoms in total. The van der Waals surface area contributed by atoms with Crippen LogP contribution in [0.5, 0.6) is 11.5 Å². The monoisotopic (exact) mass is 541 g/mol. The zero-order chi connectivity index (χ0) is 29.3. The Morgan fingerprint density at radius 1 is 0.789 bits per heavy atom. The zero-order valence-corrected chi connectivity index (χ0v) is 23.4. The summed E-state index contributed by atoms with van der Waals surface area (Å²) in [7, 11) is 0. The van der Waals surface area contributed by atoms with Crippen LogP contribution in [0.4, 0.5) is 14.4 Å². The first-order chi connectivity index (χ1) is 17.3. The van der Waals surface area contributed by atoms with Gasteiger partial charge in [-0.05, 0) is 86.4 Å². The molecule has 2 atom stereocenters. The van der Waals surface area contributed by atoms with E-state index < -0.39 is 47.8 Å². The van der Waals surface area contributed by atoms with E-state index >= 15 is 0 Å². The van der Waals surface area contributed by atoms with Gasteiger partial charge in [-0.25, -0.2) is 14.4 Å². The lowest BCUT2D eigenvalue weighted by Crippen LogP contribution is -2.37. The van der Waals surface area contributed by atoms with Gasteiger partial charge in [-0.15, -0.1) is 0 Å². The van der Waals surface area contributed by atoms with Crippen molar-refractivity contribution in [3.63, 3.8) is 0 Å². The highest BCUT2D eigenvalue weighted by atomic mass is 16.8. The zero-order valence-electron chi connectivity index (χ0n) is 23.4. The number of benzene rings is 1. The lowest BCUT2D eigenvalue weighted by Gasteiger charge is -2.21. The van der Waals surface area contributed by atoms with Crippen LogP contribution in [0.15, 0.2) is 18.2 Å². The first kappa shape index (κ1) is 32.5. The lowest BCUT2D eigenvalue weighted by atomic mass is 10.1. The lowest BCUT2D eigenvalue weighted by molar-refractivity contribution is -0.152. The van der Waals surface area contributed by atoms with E-state index in [0.29, 0.717) is 5.56 Å². The van der Waals surface area contributed by atoms with Gasteiger partial charge in [-0.3, -0.25) is 4.79 Å². The van der Waals surface area contributed by atoms with Crippen molar-refractivity contribution >= 4 is 24.4 Å². The molecule has 2 N–H and O–H groups in total. The minimum absolute atomic E-state index is 0.0147. The van der Waals surface area contributed by atoms with E-state index in [0.717, 1.165) is 0 Å². The summed E-state index contributed by atoms with van der Waals surface area (Å²) in [5.41, 5.74) is 4.82. The summed E-state index contributed by atoms with van der Waals surface area (Å²) in [5, 5.41) is 0. The highest BCUT2D eigenvalue weighted by Crippen LogP contribution is 2.31. The summed E-state index contributed by atoms with van der Waals surface area (Å²) in [6.07, 6.45) is -4.05. The smallest absolute Gasteiger partial charge is 0.458 e. The predicted octanol–water partition coefficient (Wildman–Crippen LogP) is 4.68. The van der Waals surface area contributed by atoms with Gasteiger partial charge in [0.15, 0.2) is 11.5 Å². The van der Waals surface area contributed by atoms with Crippen LogP contribution in [-0.4, -0.2) is 60.5 Å². The van der Waals surface area contributed by atoms with Crippen LogP contribution in [0, 0.1) is 0 Å². The first-order valence-electron chi connectivity index (χ1n) is 12.1. The van der Waals surface area contributed by atoms with E-state index in [4.69, 9.17) is 38.9 Å². The van der Waals surface area contributed by atoms with Gasteiger partial charge in [0.1, 0.15) is 30.0 Å². The van der Waals surface area contributed by atoms with Gasteiger partial charge in [0, 0.05) is 0 Å². The second kappa shape index (κ2) is 13.8. The number of ether oxygens (including phenoxy) is 7. The van der Waals surface area contributed by atoms with Crippen molar-refractivity contribution in [2.45, 2.75) is 98.2 Å². The van der Waals surface area contributed by atoms with Crippen molar-refractivity contribution < 1.29 is 52.3 Å². The molecule has 0 unspecified atom stereocenters. The molecule has 38 heavy (non-hydrogen) atoms. The normalized spacial score (nSPS) is 13.1. The highest BCUT2D eigenvalue weighted by molar-refractivity contribution is 5.76. The fraction of sp³-hybridized carbons (Fsp3) is 0.615. The van der Waals surface area contributed by atoms with Gasteiger partial charge in [0.05, 0.1) is 6.10 Å². The molecule has 0 amide bonds. The van der Waals surface area contributed by atoms with E-state index in [1.807, 2.05) is 0 Å². The van der Waals surface area contributed by atoms with E-state index in [2.05, 4.69) is 0 Å². The van der Waals surface area contributed by atoms with Gasteiger partial charge in [-0.2, -0.15) is 0 Å². The minimum atomic E-state index is -1.10. The Morgan fingerprint density at radius 3 is 1.82 bits per heavy atom.